The Labute approximate surface area is 113 Å². The Hall–Kier alpha value is -2.58. The normalized spacial score (nSPS) is 11.9. The van der Waals surface area contributed by atoms with E-state index in [4.69, 9.17) is 0 Å². The Morgan fingerprint density at radius 2 is 1.15 bits per heavy atom. The molecule has 0 unspecified atom stereocenters. The lowest BCUT2D eigenvalue weighted by Crippen LogP contribution is -2.51. The van der Waals surface area contributed by atoms with Crippen LogP contribution in [0.15, 0.2) is 24.3 Å². The molecule has 0 aromatic heterocycles. The summed E-state index contributed by atoms with van der Waals surface area (Å²) in [6.07, 6.45) is 0. The van der Waals surface area contributed by atoms with E-state index in [1.54, 1.807) is 20.8 Å². The molecule has 9 nitrogen and oxygen atoms in total. The minimum absolute atomic E-state index is 0.185. The van der Waals surface area contributed by atoms with E-state index in [1.165, 1.54) is 18.2 Å². The van der Waals surface area contributed by atoms with Gasteiger partial charge in [0.05, 0.1) is 0 Å². The fraction of sp³-hybridized carbons (Fsp3) is 0.455. The number of benzene rings is 1. The van der Waals surface area contributed by atoms with Gasteiger partial charge in [-0.1, -0.05) is 39.0 Å². The van der Waals surface area contributed by atoms with E-state index < -0.39 is 31.5 Å². The Morgan fingerprint density at radius 1 is 0.800 bits per heavy atom. The third kappa shape index (κ3) is 2.17. The van der Waals surface area contributed by atoms with Gasteiger partial charge >= 0.3 is 5.79 Å². The lowest BCUT2D eigenvalue weighted by Gasteiger charge is -2.22. The highest BCUT2D eigenvalue weighted by Gasteiger charge is 2.73. The van der Waals surface area contributed by atoms with Gasteiger partial charge in [-0.3, -0.25) is 30.3 Å². The van der Waals surface area contributed by atoms with Crippen molar-refractivity contribution < 1.29 is 14.8 Å². The van der Waals surface area contributed by atoms with Gasteiger partial charge < -0.3 is 0 Å². The van der Waals surface area contributed by atoms with Gasteiger partial charge in [-0.05, 0) is 17.0 Å². The monoisotopic (exact) mass is 283 g/mol. The molecule has 0 N–H and O–H groups in total. The molecule has 0 radical (unpaired) electrons. The summed E-state index contributed by atoms with van der Waals surface area (Å²) in [5.74, 6) is -3.59. The minimum Gasteiger partial charge on any atom is -0.252 e. The van der Waals surface area contributed by atoms with Crippen LogP contribution in [0.3, 0.4) is 0 Å². The fourth-order valence-electron chi connectivity index (χ4n) is 1.92. The number of nitro groups is 3. The molecule has 0 spiro atoms. The second-order valence-electron chi connectivity index (χ2n) is 5.20. The molecular formula is C11H13N3O6. The smallest absolute Gasteiger partial charge is 0.252 e. The zero-order chi connectivity index (χ0) is 15.7. The second kappa shape index (κ2) is 4.83. The largest absolute Gasteiger partial charge is 0.728 e. The zero-order valence-corrected chi connectivity index (χ0v) is 11.1. The van der Waals surface area contributed by atoms with Gasteiger partial charge in [-0.2, -0.15) is 0 Å². The molecule has 1 aromatic carbocycles. The molecule has 0 aliphatic heterocycles. The summed E-state index contributed by atoms with van der Waals surface area (Å²) in [5, 5.41) is 33.3. The molecule has 0 saturated carbocycles. The summed E-state index contributed by atoms with van der Waals surface area (Å²) in [7, 11) is 0. The average molecular weight is 283 g/mol. The highest BCUT2D eigenvalue weighted by Crippen LogP contribution is 2.35. The summed E-state index contributed by atoms with van der Waals surface area (Å²) in [5.41, 5.74) is -1.07. The summed E-state index contributed by atoms with van der Waals surface area (Å²) in [4.78, 5) is 28.9. The first-order valence-electron chi connectivity index (χ1n) is 5.59. The van der Waals surface area contributed by atoms with Crippen molar-refractivity contribution in [1.29, 1.82) is 0 Å². The first-order valence-corrected chi connectivity index (χ1v) is 5.59. The van der Waals surface area contributed by atoms with Crippen LogP contribution in [-0.2, 0) is 11.2 Å². The van der Waals surface area contributed by atoms with E-state index in [0.717, 1.165) is 6.07 Å². The first kappa shape index (κ1) is 15.5. The van der Waals surface area contributed by atoms with Gasteiger partial charge in [-0.15, -0.1) is 0 Å². The van der Waals surface area contributed by atoms with Gasteiger partial charge in [0.15, 0.2) is 20.3 Å². The van der Waals surface area contributed by atoms with E-state index in [9.17, 15) is 30.3 Å². The molecule has 0 heterocycles. The number of nitrogens with zero attached hydrogens (tertiary/aromatic N) is 3. The van der Waals surface area contributed by atoms with Crippen molar-refractivity contribution in [3.63, 3.8) is 0 Å². The highest BCUT2D eigenvalue weighted by atomic mass is 16.7. The molecular weight excluding hydrogens is 270 g/mol. The van der Waals surface area contributed by atoms with Crippen LogP contribution in [0.4, 0.5) is 0 Å². The van der Waals surface area contributed by atoms with Crippen molar-refractivity contribution >= 4 is 0 Å². The van der Waals surface area contributed by atoms with Crippen LogP contribution in [0.2, 0.25) is 0 Å². The molecule has 1 rings (SSSR count). The third-order valence-electron chi connectivity index (χ3n) is 2.86. The number of rotatable bonds is 4. The van der Waals surface area contributed by atoms with Crippen LogP contribution in [-0.4, -0.2) is 14.8 Å². The van der Waals surface area contributed by atoms with Gasteiger partial charge in [0.2, 0.25) is 0 Å². The predicted molar refractivity (Wildman–Crippen MR) is 67.8 cm³/mol. The summed E-state index contributed by atoms with van der Waals surface area (Å²) >= 11 is 0. The molecule has 0 bridgehead atoms. The Morgan fingerprint density at radius 3 is 1.45 bits per heavy atom. The maximum Gasteiger partial charge on any atom is 0.728 e. The Balaban J connectivity index is 3.81. The lowest BCUT2D eigenvalue weighted by atomic mass is 9.82. The molecule has 0 atom stereocenters. The van der Waals surface area contributed by atoms with Crippen molar-refractivity contribution in [2.75, 3.05) is 0 Å². The lowest BCUT2D eigenvalue weighted by molar-refractivity contribution is -0.986. The quantitative estimate of drug-likeness (QED) is 0.471. The highest BCUT2D eigenvalue weighted by molar-refractivity contribution is 5.34. The van der Waals surface area contributed by atoms with E-state index in [2.05, 4.69) is 0 Å². The van der Waals surface area contributed by atoms with Crippen LogP contribution in [0.1, 0.15) is 31.9 Å². The fourth-order valence-corrected chi connectivity index (χ4v) is 1.92. The predicted octanol–water partition coefficient (Wildman–Crippen LogP) is 1.92. The molecule has 0 fully saturated rings. The van der Waals surface area contributed by atoms with Gasteiger partial charge in [-0.25, -0.2) is 0 Å². The van der Waals surface area contributed by atoms with Gasteiger partial charge in [0, 0.05) is 0 Å². The second-order valence-corrected chi connectivity index (χ2v) is 5.20. The van der Waals surface area contributed by atoms with Crippen molar-refractivity contribution in [3.05, 3.63) is 65.7 Å². The Kier molecular flexibility index (Phi) is 3.74. The van der Waals surface area contributed by atoms with Crippen LogP contribution in [0.5, 0.6) is 0 Å². The Bertz CT molecular complexity index is 542. The number of hydrogen-bond donors (Lipinski definition) is 0. The summed E-state index contributed by atoms with van der Waals surface area (Å²) in [6.45, 7) is 4.99. The molecule has 0 saturated heterocycles. The molecule has 0 amide bonds. The first-order chi connectivity index (χ1) is 9.06. The molecule has 0 aliphatic carbocycles. The van der Waals surface area contributed by atoms with Gasteiger partial charge in [0.25, 0.3) is 0 Å². The van der Waals surface area contributed by atoms with Crippen molar-refractivity contribution in [3.8, 4) is 0 Å². The maximum absolute atomic E-state index is 11.1. The molecule has 0 aliphatic rings. The number of hydrogen-bond acceptors (Lipinski definition) is 6. The van der Waals surface area contributed by atoms with Crippen LogP contribution >= 0.6 is 0 Å². The van der Waals surface area contributed by atoms with E-state index in [1.807, 2.05) is 0 Å². The maximum atomic E-state index is 11.1. The molecule has 1 aromatic rings. The van der Waals surface area contributed by atoms with Crippen molar-refractivity contribution in [2.45, 2.75) is 32.0 Å². The van der Waals surface area contributed by atoms with Crippen molar-refractivity contribution in [2.24, 2.45) is 0 Å². The summed E-state index contributed by atoms with van der Waals surface area (Å²) in [6, 6.07) is 5.29. The van der Waals surface area contributed by atoms with Crippen LogP contribution in [0, 0.1) is 30.3 Å². The SMILES string of the molecule is CC(C)(C)c1ccccc1C([N+](=O)[O-])([N+](=O)[O-])[N+](=O)[O-]. The van der Waals surface area contributed by atoms with Crippen LogP contribution < -0.4 is 0 Å². The van der Waals surface area contributed by atoms with E-state index in [0.29, 0.717) is 0 Å². The standard InChI is InChI=1S/C11H13N3O6/c1-10(2,3)8-6-4-5-7-9(8)11(12(15)16,13(17)18)14(19)20/h4-7H,1-3H3. The minimum atomic E-state index is -3.59. The molecule has 108 valence electrons. The average Bonchev–Trinajstić information content (AvgIpc) is 2.27. The molecule has 20 heavy (non-hydrogen) atoms. The van der Waals surface area contributed by atoms with Crippen LogP contribution in [0.25, 0.3) is 0 Å². The topological polar surface area (TPSA) is 129 Å². The zero-order valence-electron chi connectivity index (χ0n) is 11.1. The van der Waals surface area contributed by atoms with Crippen molar-refractivity contribution in [1.82, 2.24) is 0 Å². The van der Waals surface area contributed by atoms with E-state index in [-0.39, 0.29) is 5.56 Å². The third-order valence-corrected chi connectivity index (χ3v) is 2.86. The van der Waals surface area contributed by atoms with E-state index >= 15 is 0 Å². The molecule has 9 heteroatoms. The van der Waals surface area contributed by atoms with Gasteiger partial charge in [0.1, 0.15) is 0 Å². The summed E-state index contributed by atoms with van der Waals surface area (Å²) < 4.78 is 0.